The number of halogens is 1. The quantitative estimate of drug-likeness (QED) is 0.873. The average Bonchev–Trinajstić information content (AvgIpc) is 2.83. The molecule has 1 saturated carbocycles. The van der Waals surface area contributed by atoms with Crippen molar-refractivity contribution in [3.8, 4) is 0 Å². The smallest absolute Gasteiger partial charge is 0.0499 e. The van der Waals surface area contributed by atoms with Crippen LogP contribution >= 0.6 is 15.9 Å². The zero-order chi connectivity index (χ0) is 13.0. The number of nitrogens with one attached hydrogen (secondary N) is 1. The van der Waals surface area contributed by atoms with Crippen LogP contribution in [0.1, 0.15) is 36.8 Å². The van der Waals surface area contributed by atoms with Crippen molar-refractivity contribution >= 4 is 15.9 Å². The predicted molar refractivity (Wildman–Crippen MR) is 78.6 cm³/mol. The molecule has 0 heterocycles. The second kappa shape index (κ2) is 6.18. The summed E-state index contributed by atoms with van der Waals surface area (Å²) in [7, 11) is 0. The summed E-state index contributed by atoms with van der Waals surface area (Å²) in [6.45, 7) is 4.22. The molecule has 1 aromatic rings. The largest absolute Gasteiger partial charge is 0.396 e. The van der Waals surface area contributed by atoms with Gasteiger partial charge in [-0.25, -0.2) is 0 Å². The first-order valence-corrected chi connectivity index (χ1v) is 7.51. The van der Waals surface area contributed by atoms with E-state index in [1.165, 1.54) is 28.4 Å². The lowest BCUT2D eigenvalue weighted by Crippen LogP contribution is -2.34. The van der Waals surface area contributed by atoms with Crippen LogP contribution in [0.3, 0.4) is 0 Å². The van der Waals surface area contributed by atoms with Crippen LogP contribution in [0.15, 0.2) is 22.7 Å². The number of aliphatic hydroxyl groups excluding tert-OH is 1. The molecular weight excluding hydrogens is 290 g/mol. The van der Waals surface area contributed by atoms with Crippen molar-refractivity contribution in [2.45, 2.75) is 39.2 Å². The van der Waals surface area contributed by atoms with Gasteiger partial charge in [0.2, 0.25) is 0 Å². The minimum Gasteiger partial charge on any atom is -0.396 e. The number of rotatable bonds is 5. The number of benzene rings is 1. The van der Waals surface area contributed by atoms with Gasteiger partial charge in [0.25, 0.3) is 0 Å². The summed E-state index contributed by atoms with van der Waals surface area (Å²) in [6.07, 6.45) is 4.85. The fraction of sp³-hybridized carbons (Fsp3) is 0.600. The molecule has 1 fully saturated rings. The lowest BCUT2D eigenvalue weighted by molar-refractivity contribution is 0.128. The number of hydrogen-bond donors (Lipinski definition) is 2. The molecule has 18 heavy (non-hydrogen) atoms. The van der Waals surface area contributed by atoms with Gasteiger partial charge >= 0.3 is 0 Å². The Kier molecular flexibility index (Phi) is 4.82. The normalized spacial score (nSPS) is 18.2. The summed E-state index contributed by atoms with van der Waals surface area (Å²) < 4.78 is 1.17. The second-order valence-electron chi connectivity index (χ2n) is 5.55. The maximum Gasteiger partial charge on any atom is 0.0499 e. The van der Waals surface area contributed by atoms with E-state index in [4.69, 9.17) is 0 Å². The molecule has 100 valence electrons. The van der Waals surface area contributed by atoms with Gasteiger partial charge in [-0.1, -0.05) is 40.9 Å². The van der Waals surface area contributed by atoms with Crippen LogP contribution in [0.4, 0.5) is 0 Å². The van der Waals surface area contributed by atoms with E-state index >= 15 is 0 Å². The lowest BCUT2D eigenvalue weighted by atomic mass is 9.87. The van der Waals surface area contributed by atoms with Gasteiger partial charge in [0.1, 0.15) is 0 Å². The molecule has 2 N–H and O–H groups in total. The molecule has 0 unspecified atom stereocenters. The molecule has 1 aliphatic rings. The first-order valence-electron chi connectivity index (χ1n) is 6.72. The highest BCUT2D eigenvalue weighted by molar-refractivity contribution is 9.10. The van der Waals surface area contributed by atoms with Crippen LogP contribution < -0.4 is 5.32 Å². The first-order chi connectivity index (χ1) is 8.65. The topological polar surface area (TPSA) is 32.3 Å². The summed E-state index contributed by atoms with van der Waals surface area (Å²) in [5.41, 5.74) is 2.70. The Labute approximate surface area is 118 Å². The van der Waals surface area contributed by atoms with Crippen molar-refractivity contribution in [2.24, 2.45) is 5.41 Å². The van der Waals surface area contributed by atoms with Gasteiger partial charge in [-0.05, 0) is 37.0 Å². The molecule has 2 rings (SSSR count). The van der Waals surface area contributed by atoms with Crippen LogP contribution in [0.25, 0.3) is 0 Å². The van der Waals surface area contributed by atoms with Gasteiger partial charge in [-0.3, -0.25) is 0 Å². The summed E-state index contributed by atoms with van der Waals surface area (Å²) in [5, 5.41) is 13.0. The fourth-order valence-electron chi connectivity index (χ4n) is 2.73. The summed E-state index contributed by atoms with van der Waals surface area (Å²) >= 11 is 3.56. The molecule has 2 nitrogen and oxygen atoms in total. The van der Waals surface area contributed by atoms with Crippen LogP contribution in [0, 0.1) is 12.3 Å². The SMILES string of the molecule is Cc1ccc(CNCC2(CO)CCCC2)cc1Br. The first kappa shape index (κ1) is 14.0. The van der Waals surface area contributed by atoms with Crippen LogP contribution in [0.5, 0.6) is 0 Å². The Balaban J connectivity index is 1.86. The zero-order valence-electron chi connectivity index (χ0n) is 11.0. The minimum absolute atomic E-state index is 0.141. The second-order valence-corrected chi connectivity index (χ2v) is 6.41. The molecule has 0 saturated heterocycles. The summed E-state index contributed by atoms with van der Waals surface area (Å²) in [4.78, 5) is 0. The molecule has 0 aromatic heterocycles. The van der Waals surface area contributed by atoms with E-state index < -0.39 is 0 Å². The highest BCUT2D eigenvalue weighted by Gasteiger charge is 2.32. The lowest BCUT2D eigenvalue weighted by Gasteiger charge is -2.26. The molecule has 0 aliphatic heterocycles. The number of hydrogen-bond acceptors (Lipinski definition) is 2. The molecular formula is C15H22BrNO. The molecule has 0 radical (unpaired) electrons. The third-order valence-electron chi connectivity index (χ3n) is 4.06. The van der Waals surface area contributed by atoms with Gasteiger partial charge in [0, 0.05) is 29.6 Å². The molecule has 0 bridgehead atoms. The third kappa shape index (κ3) is 3.34. The van der Waals surface area contributed by atoms with E-state index in [1.54, 1.807) is 0 Å². The highest BCUT2D eigenvalue weighted by atomic mass is 79.9. The van der Waals surface area contributed by atoms with E-state index in [9.17, 15) is 5.11 Å². The summed E-state index contributed by atoms with van der Waals surface area (Å²) in [5.74, 6) is 0. The van der Waals surface area contributed by atoms with Crippen molar-refractivity contribution in [1.29, 1.82) is 0 Å². The Morgan fingerprint density at radius 2 is 2.06 bits per heavy atom. The van der Waals surface area contributed by atoms with Crippen molar-refractivity contribution < 1.29 is 5.11 Å². The fourth-order valence-corrected chi connectivity index (χ4v) is 3.16. The van der Waals surface area contributed by atoms with Crippen LogP contribution in [-0.4, -0.2) is 18.3 Å². The van der Waals surface area contributed by atoms with Gasteiger partial charge in [-0.2, -0.15) is 0 Å². The Bertz CT molecular complexity index is 399. The maximum absolute atomic E-state index is 9.55. The van der Waals surface area contributed by atoms with Crippen molar-refractivity contribution in [1.82, 2.24) is 5.32 Å². The predicted octanol–water partition coefficient (Wildman–Crippen LogP) is 3.40. The van der Waals surface area contributed by atoms with Gasteiger partial charge in [-0.15, -0.1) is 0 Å². The Hall–Kier alpha value is -0.380. The molecule has 0 atom stereocenters. The molecule has 0 amide bonds. The third-order valence-corrected chi connectivity index (χ3v) is 4.92. The molecule has 1 aliphatic carbocycles. The Morgan fingerprint density at radius 1 is 1.33 bits per heavy atom. The van der Waals surface area contributed by atoms with E-state index in [0.717, 1.165) is 25.9 Å². The maximum atomic E-state index is 9.55. The van der Waals surface area contributed by atoms with Crippen molar-refractivity contribution in [2.75, 3.05) is 13.2 Å². The summed E-state index contributed by atoms with van der Waals surface area (Å²) in [6, 6.07) is 6.47. The van der Waals surface area contributed by atoms with Gasteiger partial charge in [0.15, 0.2) is 0 Å². The zero-order valence-corrected chi connectivity index (χ0v) is 12.6. The van der Waals surface area contributed by atoms with Crippen molar-refractivity contribution in [3.63, 3.8) is 0 Å². The van der Waals surface area contributed by atoms with E-state index in [1.807, 2.05) is 0 Å². The molecule has 3 heteroatoms. The van der Waals surface area contributed by atoms with Gasteiger partial charge < -0.3 is 10.4 Å². The van der Waals surface area contributed by atoms with Crippen LogP contribution in [0.2, 0.25) is 0 Å². The van der Waals surface area contributed by atoms with E-state index in [-0.39, 0.29) is 5.41 Å². The average molecular weight is 312 g/mol. The van der Waals surface area contributed by atoms with E-state index in [0.29, 0.717) is 6.61 Å². The Morgan fingerprint density at radius 3 is 2.67 bits per heavy atom. The van der Waals surface area contributed by atoms with Crippen LogP contribution in [-0.2, 0) is 6.54 Å². The number of aliphatic hydroxyl groups is 1. The monoisotopic (exact) mass is 311 g/mol. The minimum atomic E-state index is 0.141. The van der Waals surface area contributed by atoms with E-state index in [2.05, 4.69) is 46.4 Å². The van der Waals surface area contributed by atoms with Crippen molar-refractivity contribution in [3.05, 3.63) is 33.8 Å². The standard InChI is InChI=1S/C15H22BrNO/c1-12-4-5-13(8-14(12)16)9-17-10-15(11-18)6-2-3-7-15/h4-5,8,17-18H,2-3,6-7,9-11H2,1H3. The molecule has 1 aromatic carbocycles. The van der Waals surface area contributed by atoms with Gasteiger partial charge in [0.05, 0.1) is 0 Å². The molecule has 0 spiro atoms. The number of aryl methyl sites for hydroxylation is 1. The highest BCUT2D eigenvalue weighted by Crippen LogP contribution is 2.36.